The van der Waals surface area contributed by atoms with Gasteiger partial charge in [-0.3, -0.25) is 9.78 Å². The van der Waals surface area contributed by atoms with Crippen LogP contribution in [0.25, 0.3) is 0 Å². The first-order valence-electron chi connectivity index (χ1n) is 6.48. The van der Waals surface area contributed by atoms with Gasteiger partial charge in [0, 0.05) is 13.6 Å². The van der Waals surface area contributed by atoms with Crippen LogP contribution in [0.5, 0.6) is 0 Å². The summed E-state index contributed by atoms with van der Waals surface area (Å²) >= 11 is 0. The molecule has 0 saturated carbocycles. The number of likely N-dealkylation sites (tertiary alicyclic amines) is 1. The van der Waals surface area contributed by atoms with Crippen molar-refractivity contribution >= 4 is 11.7 Å². The Labute approximate surface area is 116 Å². The van der Waals surface area contributed by atoms with E-state index in [0.717, 1.165) is 18.5 Å². The molecular weight excluding hydrogens is 258 g/mol. The molecule has 20 heavy (non-hydrogen) atoms. The molecule has 104 valence electrons. The average molecular weight is 273 g/mol. The Kier molecular flexibility index (Phi) is 3.32. The standard InChI is InChI=1S/C13H15N5O2/c1-14-12-7-15-5-9(17-12)10-3-2-4-18(10)13(19)11-6-16-8-20-11/h5-8,10H,2-4H2,1H3,(H,14,17)/t10-/m0/s1. The highest BCUT2D eigenvalue weighted by atomic mass is 16.3. The molecule has 0 bridgehead atoms. The Morgan fingerprint density at radius 1 is 1.40 bits per heavy atom. The van der Waals surface area contributed by atoms with E-state index in [2.05, 4.69) is 20.3 Å². The van der Waals surface area contributed by atoms with Gasteiger partial charge in [0.2, 0.25) is 5.76 Å². The van der Waals surface area contributed by atoms with E-state index in [-0.39, 0.29) is 17.7 Å². The van der Waals surface area contributed by atoms with Crippen molar-refractivity contribution in [3.63, 3.8) is 0 Å². The third-order valence-corrected chi connectivity index (χ3v) is 3.41. The van der Waals surface area contributed by atoms with Crippen LogP contribution in [0.15, 0.2) is 29.4 Å². The fourth-order valence-corrected chi connectivity index (χ4v) is 2.44. The second-order valence-corrected chi connectivity index (χ2v) is 4.60. The molecule has 0 spiro atoms. The van der Waals surface area contributed by atoms with Gasteiger partial charge < -0.3 is 14.6 Å². The number of nitrogens with one attached hydrogen (secondary N) is 1. The van der Waals surface area contributed by atoms with E-state index in [1.54, 1.807) is 24.3 Å². The second-order valence-electron chi connectivity index (χ2n) is 4.60. The zero-order valence-electron chi connectivity index (χ0n) is 11.1. The van der Waals surface area contributed by atoms with Crippen molar-refractivity contribution in [1.29, 1.82) is 0 Å². The summed E-state index contributed by atoms with van der Waals surface area (Å²) in [7, 11) is 1.79. The Bertz CT molecular complexity index is 599. The van der Waals surface area contributed by atoms with E-state index in [1.165, 1.54) is 12.6 Å². The van der Waals surface area contributed by atoms with Gasteiger partial charge in [-0.05, 0) is 12.8 Å². The molecule has 3 rings (SSSR count). The van der Waals surface area contributed by atoms with Crippen LogP contribution < -0.4 is 5.32 Å². The number of hydrogen-bond acceptors (Lipinski definition) is 6. The molecule has 0 radical (unpaired) electrons. The molecule has 3 heterocycles. The molecular formula is C13H15N5O2. The number of carbonyl (C=O) groups is 1. The summed E-state index contributed by atoms with van der Waals surface area (Å²) < 4.78 is 5.09. The summed E-state index contributed by atoms with van der Waals surface area (Å²) in [5.74, 6) is 0.803. The Balaban J connectivity index is 1.86. The highest BCUT2D eigenvalue weighted by Gasteiger charge is 2.33. The molecule has 2 aromatic heterocycles. The van der Waals surface area contributed by atoms with Crippen molar-refractivity contribution in [3.05, 3.63) is 36.4 Å². The highest BCUT2D eigenvalue weighted by molar-refractivity contribution is 5.91. The molecule has 1 atom stereocenters. The monoisotopic (exact) mass is 273 g/mol. The molecule has 7 heteroatoms. The first-order chi connectivity index (χ1) is 9.79. The number of hydrogen-bond donors (Lipinski definition) is 1. The smallest absolute Gasteiger partial charge is 0.291 e. The minimum atomic E-state index is -0.151. The van der Waals surface area contributed by atoms with Gasteiger partial charge in [0.05, 0.1) is 30.3 Å². The summed E-state index contributed by atoms with van der Waals surface area (Å²) in [6.45, 7) is 0.690. The third kappa shape index (κ3) is 2.22. The predicted octanol–water partition coefficient (Wildman–Crippen LogP) is 1.48. The first kappa shape index (κ1) is 12.6. The largest absolute Gasteiger partial charge is 0.438 e. The molecule has 1 saturated heterocycles. The van der Waals surface area contributed by atoms with Crippen LogP contribution in [0.3, 0.4) is 0 Å². The minimum Gasteiger partial charge on any atom is -0.438 e. The van der Waals surface area contributed by atoms with Crippen molar-refractivity contribution in [2.75, 3.05) is 18.9 Å². The lowest BCUT2D eigenvalue weighted by molar-refractivity contribution is 0.0700. The second kappa shape index (κ2) is 5.28. The number of aromatic nitrogens is 3. The van der Waals surface area contributed by atoms with Crippen molar-refractivity contribution in [3.8, 4) is 0 Å². The van der Waals surface area contributed by atoms with Gasteiger partial charge in [0.1, 0.15) is 5.82 Å². The van der Waals surface area contributed by atoms with Gasteiger partial charge in [-0.2, -0.15) is 0 Å². The van der Waals surface area contributed by atoms with E-state index in [4.69, 9.17) is 4.42 Å². The highest BCUT2D eigenvalue weighted by Crippen LogP contribution is 2.32. The van der Waals surface area contributed by atoms with Crippen LogP contribution >= 0.6 is 0 Å². The number of anilines is 1. The molecule has 1 aliphatic heterocycles. The van der Waals surface area contributed by atoms with Gasteiger partial charge in [0.15, 0.2) is 6.39 Å². The number of rotatable bonds is 3. The zero-order valence-corrected chi connectivity index (χ0v) is 11.1. The van der Waals surface area contributed by atoms with E-state index in [1.807, 2.05) is 0 Å². The van der Waals surface area contributed by atoms with Gasteiger partial charge in [-0.1, -0.05) is 0 Å². The Hall–Kier alpha value is -2.44. The minimum absolute atomic E-state index is 0.0617. The van der Waals surface area contributed by atoms with E-state index in [0.29, 0.717) is 12.4 Å². The van der Waals surface area contributed by atoms with Crippen molar-refractivity contribution in [2.45, 2.75) is 18.9 Å². The van der Waals surface area contributed by atoms with Gasteiger partial charge in [-0.15, -0.1) is 0 Å². The quantitative estimate of drug-likeness (QED) is 0.912. The molecule has 1 N–H and O–H groups in total. The molecule has 0 unspecified atom stereocenters. The zero-order chi connectivity index (χ0) is 13.9. The van der Waals surface area contributed by atoms with Crippen LogP contribution in [-0.2, 0) is 0 Å². The van der Waals surface area contributed by atoms with E-state index >= 15 is 0 Å². The number of amides is 1. The topological polar surface area (TPSA) is 84.2 Å². The molecule has 1 aliphatic rings. The van der Waals surface area contributed by atoms with Gasteiger partial charge in [-0.25, -0.2) is 9.97 Å². The van der Waals surface area contributed by atoms with Crippen LogP contribution in [0.4, 0.5) is 5.82 Å². The Morgan fingerprint density at radius 3 is 3.05 bits per heavy atom. The van der Waals surface area contributed by atoms with Gasteiger partial charge in [0.25, 0.3) is 5.91 Å². The molecule has 0 aromatic carbocycles. The SMILES string of the molecule is CNc1cncc([C@@H]2CCCN2C(=O)c2cnco2)n1. The number of carbonyl (C=O) groups excluding carboxylic acids is 1. The van der Waals surface area contributed by atoms with Crippen LogP contribution in [0.1, 0.15) is 35.1 Å². The molecule has 0 aliphatic carbocycles. The fourth-order valence-electron chi connectivity index (χ4n) is 2.44. The summed E-state index contributed by atoms with van der Waals surface area (Å²) in [4.78, 5) is 26.6. The lowest BCUT2D eigenvalue weighted by atomic mass is 10.1. The molecule has 2 aromatic rings. The maximum atomic E-state index is 12.4. The number of oxazole rings is 1. The summed E-state index contributed by atoms with van der Waals surface area (Å²) in [5.41, 5.74) is 0.794. The lowest BCUT2D eigenvalue weighted by Gasteiger charge is -2.23. The van der Waals surface area contributed by atoms with Crippen LogP contribution in [-0.4, -0.2) is 39.4 Å². The number of nitrogens with zero attached hydrogens (tertiary/aromatic N) is 4. The predicted molar refractivity (Wildman–Crippen MR) is 71.1 cm³/mol. The maximum absolute atomic E-state index is 12.4. The van der Waals surface area contributed by atoms with Crippen LogP contribution in [0.2, 0.25) is 0 Å². The van der Waals surface area contributed by atoms with Crippen molar-refractivity contribution in [1.82, 2.24) is 19.9 Å². The summed E-state index contributed by atoms with van der Waals surface area (Å²) in [5, 5.41) is 2.96. The lowest BCUT2D eigenvalue weighted by Crippen LogP contribution is -2.30. The first-order valence-corrected chi connectivity index (χ1v) is 6.48. The van der Waals surface area contributed by atoms with Crippen LogP contribution in [0, 0.1) is 0 Å². The molecule has 1 amide bonds. The molecule has 1 fully saturated rings. The van der Waals surface area contributed by atoms with Crippen molar-refractivity contribution in [2.24, 2.45) is 0 Å². The van der Waals surface area contributed by atoms with E-state index in [9.17, 15) is 4.79 Å². The normalized spacial score (nSPS) is 18.2. The Morgan fingerprint density at radius 2 is 2.30 bits per heavy atom. The van der Waals surface area contributed by atoms with E-state index < -0.39 is 0 Å². The average Bonchev–Trinajstić information content (AvgIpc) is 3.17. The maximum Gasteiger partial charge on any atom is 0.291 e. The fraction of sp³-hybridized carbons (Fsp3) is 0.385. The summed E-state index contributed by atoms with van der Waals surface area (Å²) in [6, 6.07) is -0.0617. The molecule has 7 nitrogen and oxygen atoms in total. The third-order valence-electron chi connectivity index (χ3n) is 3.41. The van der Waals surface area contributed by atoms with Crippen molar-refractivity contribution < 1.29 is 9.21 Å². The summed E-state index contributed by atoms with van der Waals surface area (Å²) in [6.07, 6.45) is 7.88. The van der Waals surface area contributed by atoms with Gasteiger partial charge >= 0.3 is 0 Å².